The zero-order chi connectivity index (χ0) is 20.5. The number of hydrogen-bond donors (Lipinski definition) is 2. The first-order valence-corrected chi connectivity index (χ1v) is 9.59. The van der Waals surface area contributed by atoms with Crippen molar-refractivity contribution in [1.29, 1.82) is 0 Å². The second kappa shape index (κ2) is 10.4. The summed E-state index contributed by atoms with van der Waals surface area (Å²) in [5.74, 6) is 0.400. The third-order valence-corrected chi connectivity index (χ3v) is 4.66. The maximum atomic E-state index is 12.8. The standard InChI is InChI=1S/C21H26N4O4/c1-28-11-10-23-20(26)19-12-18(29-17-8-5-9-22-14-17)15-25(19)21(27)24-13-16-6-3-2-4-7-16/h2-9,14,18-19H,10-13,15H2,1H3,(H,23,26)(H,24,27)/t18-,19+/m0/s1. The quantitative estimate of drug-likeness (QED) is 0.659. The van der Waals surface area contributed by atoms with Crippen LogP contribution in [-0.4, -0.2) is 60.8 Å². The molecule has 1 aromatic carbocycles. The Morgan fingerprint density at radius 2 is 2.00 bits per heavy atom. The van der Waals surface area contributed by atoms with Crippen molar-refractivity contribution in [2.24, 2.45) is 0 Å². The highest BCUT2D eigenvalue weighted by Crippen LogP contribution is 2.23. The maximum absolute atomic E-state index is 12.8. The molecule has 3 rings (SSSR count). The molecule has 2 heterocycles. The highest BCUT2D eigenvalue weighted by molar-refractivity contribution is 5.87. The molecule has 1 saturated heterocycles. The van der Waals surface area contributed by atoms with Crippen LogP contribution in [0.3, 0.4) is 0 Å². The molecule has 0 radical (unpaired) electrons. The molecule has 1 aromatic heterocycles. The first-order chi connectivity index (χ1) is 14.2. The normalized spacial score (nSPS) is 18.3. The number of amides is 3. The monoisotopic (exact) mass is 398 g/mol. The van der Waals surface area contributed by atoms with Gasteiger partial charge in [-0.1, -0.05) is 30.3 Å². The molecular formula is C21H26N4O4. The number of ether oxygens (including phenoxy) is 2. The number of methoxy groups -OCH3 is 1. The van der Waals surface area contributed by atoms with Crippen molar-refractivity contribution in [2.75, 3.05) is 26.8 Å². The summed E-state index contributed by atoms with van der Waals surface area (Å²) < 4.78 is 10.9. The van der Waals surface area contributed by atoms with Crippen LogP contribution in [-0.2, 0) is 16.1 Å². The van der Waals surface area contributed by atoms with Crippen LogP contribution in [0, 0.1) is 0 Å². The smallest absolute Gasteiger partial charge is 0.318 e. The van der Waals surface area contributed by atoms with Gasteiger partial charge >= 0.3 is 6.03 Å². The zero-order valence-electron chi connectivity index (χ0n) is 16.4. The number of urea groups is 1. The summed E-state index contributed by atoms with van der Waals surface area (Å²) in [6.45, 7) is 1.51. The van der Waals surface area contributed by atoms with Gasteiger partial charge in [0.05, 0.1) is 19.3 Å². The molecule has 2 atom stereocenters. The van der Waals surface area contributed by atoms with Gasteiger partial charge in [-0.05, 0) is 17.7 Å². The third-order valence-electron chi connectivity index (χ3n) is 4.66. The molecule has 0 bridgehead atoms. The Morgan fingerprint density at radius 3 is 2.72 bits per heavy atom. The van der Waals surface area contributed by atoms with E-state index in [4.69, 9.17) is 9.47 Å². The molecule has 8 heteroatoms. The van der Waals surface area contributed by atoms with Gasteiger partial charge in [-0.25, -0.2) is 4.79 Å². The molecule has 2 N–H and O–H groups in total. The molecule has 0 unspecified atom stereocenters. The maximum Gasteiger partial charge on any atom is 0.318 e. The van der Waals surface area contributed by atoms with Crippen LogP contribution in [0.15, 0.2) is 54.9 Å². The van der Waals surface area contributed by atoms with E-state index >= 15 is 0 Å². The van der Waals surface area contributed by atoms with Gasteiger partial charge in [0.25, 0.3) is 0 Å². The number of pyridine rings is 1. The van der Waals surface area contributed by atoms with Crippen LogP contribution < -0.4 is 15.4 Å². The fourth-order valence-corrected chi connectivity index (χ4v) is 3.23. The number of aromatic nitrogens is 1. The van der Waals surface area contributed by atoms with Gasteiger partial charge in [0.2, 0.25) is 5.91 Å². The number of carbonyl (C=O) groups is 2. The van der Waals surface area contributed by atoms with Crippen LogP contribution in [0.25, 0.3) is 0 Å². The van der Waals surface area contributed by atoms with E-state index in [0.717, 1.165) is 5.56 Å². The Labute approximate surface area is 170 Å². The summed E-state index contributed by atoms with van der Waals surface area (Å²) in [6.07, 6.45) is 3.40. The first kappa shape index (κ1) is 20.6. The van der Waals surface area contributed by atoms with Gasteiger partial charge < -0.3 is 25.0 Å². The lowest BCUT2D eigenvalue weighted by Gasteiger charge is -2.24. The molecule has 3 amide bonds. The predicted octanol–water partition coefficient (Wildman–Crippen LogP) is 1.58. The Hall–Kier alpha value is -3.13. The van der Waals surface area contributed by atoms with Crippen molar-refractivity contribution in [3.05, 3.63) is 60.4 Å². The van der Waals surface area contributed by atoms with Crippen LogP contribution in [0.5, 0.6) is 5.75 Å². The molecule has 154 valence electrons. The molecule has 1 fully saturated rings. The van der Waals surface area contributed by atoms with Gasteiger partial charge in [0, 0.05) is 32.8 Å². The Balaban J connectivity index is 1.64. The van der Waals surface area contributed by atoms with Crippen LogP contribution in [0.2, 0.25) is 0 Å². The molecule has 1 aliphatic rings. The van der Waals surface area contributed by atoms with Gasteiger partial charge in [-0.3, -0.25) is 9.78 Å². The summed E-state index contributed by atoms with van der Waals surface area (Å²) in [7, 11) is 1.57. The zero-order valence-corrected chi connectivity index (χ0v) is 16.4. The van der Waals surface area contributed by atoms with E-state index in [0.29, 0.717) is 38.4 Å². The summed E-state index contributed by atoms with van der Waals surface area (Å²) in [5.41, 5.74) is 0.990. The Bertz CT molecular complexity index is 788. The molecule has 2 aromatic rings. The number of rotatable bonds is 8. The van der Waals surface area contributed by atoms with Gasteiger partial charge in [0.15, 0.2) is 0 Å². The van der Waals surface area contributed by atoms with Gasteiger partial charge in [0.1, 0.15) is 17.9 Å². The fraction of sp³-hybridized carbons (Fsp3) is 0.381. The lowest BCUT2D eigenvalue weighted by molar-refractivity contribution is -0.124. The molecule has 0 aliphatic carbocycles. The number of benzene rings is 1. The van der Waals surface area contributed by atoms with Gasteiger partial charge in [-0.2, -0.15) is 0 Å². The number of likely N-dealkylation sites (tertiary alicyclic amines) is 1. The predicted molar refractivity (Wildman–Crippen MR) is 107 cm³/mol. The molecule has 1 aliphatic heterocycles. The highest BCUT2D eigenvalue weighted by Gasteiger charge is 2.40. The second-order valence-corrected chi connectivity index (χ2v) is 6.76. The average molecular weight is 398 g/mol. The minimum Gasteiger partial charge on any atom is -0.487 e. The average Bonchev–Trinajstić information content (AvgIpc) is 3.17. The second-order valence-electron chi connectivity index (χ2n) is 6.76. The van der Waals surface area contributed by atoms with E-state index in [1.54, 1.807) is 31.6 Å². The number of nitrogens with one attached hydrogen (secondary N) is 2. The van der Waals surface area contributed by atoms with Crippen molar-refractivity contribution >= 4 is 11.9 Å². The van der Waals surface area contributed by atoms with Gasteiger partial charge in [-0.15, -0.1) is 0 Å². The minimum atomic E-state index is -0.607. The molecule has 0 spiro atoms. The van der Waals surface area contributed by atoms with Crippen molar-refractivity contribution in [2.45, 2.75) is 25.1 Å². The minimum absolute atomic E-state index is 0.214. The van der Waals surface area contributed by atoms with E-state index in [2.05, 4.69) is 15.6 Å². The van der Waals surface area contributed by atoms with E-state index in [9.17, 15) is 9.59 Å². The van der Waals surface area contributed by atoms with Crippen LogP contribution in [0.4, 0.5) is 4.79 Å². The molecule has 29 heavy (non-hydrogen) atoms. The van der Waals surface area contributed by atoms with Crippen molar-refractivity contribution in [3.8, 4) is 5.75 Å². The number of nitrogens with zero attached hydrogens (tertiary/aromatic N) is 2. The third kappa shape index (κ3) is 5.92. The van der Waals surface area contributed by atoms with E-state index < -0.39 is 6.04 Å². The molecule has 0 saturated carbocycles. The lowest BCUT2D eigenvalue weighted by Crippen LogP contribution is -2.49. The summed E-state index contributed by atoms with van der Waals surface area (Å²) in [5, 5.41) is 5.71. The SMILES string of the molecule is COCCNC(=O)[C@H]1C[C@H](Oc2cccnc2)CN1C(=O)NCc1ccccc1. The van der Waals surface area contributed by atoms with Crippen molar-refractivity contribution in [1.82, 2.24) is 20.5 Å². The van der Waals surface area contributed by atoms with E-state index in [1.807, 2.05) is 30.3 Å². The number of carbonyl (C=O) groups excluding carboxylic acids is 2. The molecule has 8 nitrogen and oxygen atoms in total. The Morgan fingerprint density at radius 1 is 1.17 bits per heavy atom. The lowest BCUT2D eigenvalue weighted by atomic mass is 10.2. The first-order valence-electron chi connectivity index (χ1n) is 9.59. The number of hydrogen-bond acceptors (Lipinski definition) is 5. The molecular weight excluding hydrogens is 372 g/mol. The summed E-state index contributed by atoms with van der Waals surface area (Å²) in [4.78, 5) is 31.0. The van der Waals surface area contributed by atoms with Crippen LogP contribution in [0.1, 0.15) is 12.0 Å². The van der Waals surface area contributed by atoms with Crippen LogP contribution >= 0.6 is 0 Å². The largest absolute Gasteiger partial charge is 0.487 e. The van der Waals surface area contributed by atoms with Crippen molar-refractivity contribution in [3.63, 3.8) is 0 Å². The fourth-order valence-electron chi connectivity index (χ4n) is 3.23. The topological polar surface area (TPSA) is 92.8 Å². The Kier molecular flexibility index (Phi) is 7.40. The van der Waals surface area contributed by atoms with E-state index in [-0.39, 0.29) is 18.0 Å². The van der Waals surface area contributed by atoms with E-state index in [1.165, 1.54) is 4.90 Å². The summed E-state index contributed by atoms with van der Waals surface area (Å²) in [6, 6.07) is 12.3. The summed E-state index contributed by atoms with van der Waals surface area (Å²) >= 11 is 0. The van der Waals surface area contributed by atoms with Crippen molar-refractivity contribution < 1.29 is 19.1 Å². The highest BCUT2D eigenvalue weighted by atomic mass is 16.5.